The normalized spacial score (nSPS) is 16.9. The Labute approximate surface area is 170 Å². The first-order valence-corrected chi connectivity index (χ1v) is 11.2. The van der Waals surface area contributed by atoms with E-state index in [2.05, 4.69) is 36.2 Å². The molecule has 6 heteroatoms. The van der Waals surface area contributed by atoms with E-state index in [0.29, 0.717) is 11.5 Å². The highest BCUT2D eigenvalue weighted by Gasteiger charge is 2.14. The van der Waals surface area contributed by atoms with Crippen LogP contribution in [0.1, 0.15) is 0 Å². The first-order valence-electron chi connectivity index (χ1n) is 8.42. The molecule has 26 heavy (non-hydrogen) atoms. The number of anilines is 1. The zero-order chi connectivity index (χ0) is 18.6. The highest BCUT2D eigenvalue weighted by molar-refractivity contribution is 8.01. The van der Waals surface area contributed by atoms with Crippen molar-refractivity contribution < 1.29 is 4.74 Å². The van der Waals surface area contributed by atoms with Crippen molar-refractivity contribution in [2.45, 2.75) is 6.10 Å². The lowest BCUT2D eigenvalue weighted by atomic mass is 10.3. The van der Waals surface area contributed by atoms with Gasteiger partial charge in [-0.3, -0.25) is 0 Å². The van der Waals surface area contributed by atoms with Gasteiger partial charge in [-0.1, -0.05) is 30.4 Å². The molecule has 3 nitrogen and oxygen atoms in total. The van der Waals surface area contributed by atoms with Crippen molar-refractivity contribution >= 4 is 41.8 Å². The summed E-state index contributed by atoms with van der Waals surface area (Å²) in [6.45, 7) is 5.49. The second kappa shape index (κ2) is 12.2. The third-order valence-electron chi connectivity index (χ3n) is 3.63. The van der Waals surface area contributed by atoms with Gasteiger partial charge >= 0.3 is 0 Å². The Bertz CT molecular complexity index is 655. The lowest BCUT2D eigenvalue weighted by Gasteiger charge is -2.24. The number of rotatable bonds is 7. The second-order valence-electron chi connectivity index (χ2n) is 5.81. The van der Waals surface area contributed by atoms with Crippen molar-refractivity contribution in [1.29, 1.82) is 5.26 Å². The van der Waals surface area contributed by atoms with Gasteiger partial charge in [0, 0.05) is 41.4 Å². The number of thioether (sulfide) groups is 2. The molecule has 1 aromatic carbocycles. The molecule has 0 N–H and O–H groups in total. The largest absolute Gasteiger partial charge is 0.375 e. The molecule has 1 aliphatic heterocycles. The summed E-state index contributed by atoms with van der Waals surface area (Å²) in [5.74, 6) is 4.09. The van der Waals surface area contributed by atoms with Gasteiger partial charge in [0.25, 0.3) is 0 Å². The molecule has 0 saturated carbocycles. The van der Waals surface area contributed by atoms with Gasteiger partial charge in [-0.25, -0.2) is 0 Å². The summed E-state index contributed by atoms with van der Waals surface area (Å²) in [6, 6.07) is 12.2. The van der Waals surface area contributed by atoms with Gasteiger partial charge in [-0.15, -0.1) is 12.6 Å². The van der Waals surface area contributed by atoms with Gasteiger partial charge in [-0.2, -0.15) is 28.8 Å². The molecule has 1 fully saturated rings. The maximum Gasteiger partial charge on any atom is 0.106 e. The number of ether oxygens (including phenoxy) is 1. The molecule has 0 unspecified atom stereocenters. The molecule has 0 amide bonds. The van der Waals surface area contributed by atoms with E-state index in [-0.39, 0.29) is 6.10 Å². The van der Waals surface area contributed by atoms with Crippen molar-refractivity contribution in [1.82, 2.24) is 0 Å². The predicted octanol–water partition coefficient (Wildman–Crippen LogP) is 4.77. The van der Waals surface area contributed by atoms with Crippen molar-refractivity contribution in [3.05, 3.63) is 65.7 Å². The van der Waals surface area contributed by atoms with E-state index < -0.39 is 0 Å². The van der Waals surface area contributed by atoms with E-state index in [9.17, 15) is 0 Å². The fourth-order valence-electron chi connectivity index (χ4n) is 2.36. The monoisotopic (exact) mass is 404 g/mol. The van der Waals surface area contributed by atoms with E-state index in [1.54, 1.807) is 6.08 Å². The molecule has 1 heterocycles. The lowest BCUT2D eigenvalue weighted by Crippen LogP contribution is -2.27. The first-order chi connectivity index (χ1) is 12.7. The first kappa shape index (κ1) is 21.0. The maximum absolute atomic E-state index is 8.79. The zero-order valence-corrected chi connectivity index (χ0v) is 17.2. The molecule has 0 atom stereocenters. The summed E-state index contributed by atoms with van der Waals surface area (Å²) in [5.41, 5.74) is 2.41. The second-order valence-corrected chi connectivity index (χ2v) is 8.35. The van der Waals surface area contributed by atoms with Gasteiger partial charge in [0.2, 0.25) is 0 Å². The van der Waals surface area contributed by atoms with Crippen LogP contribution in [0.3, 0.4) is 0 Å². The number of hydrogen-bond acceptors (Lipinski definition) is 6. The van der Waals surface area contributed by atoms with Gasteiger partial charge < -0.3 is 9.64 Å². The number of nitriles is 1. The summed E-state index contributed by atoms with van der Waals surface area (Å²) in [5, 5.41) is 8.79. The summed E-state index contributed by atoms with van der Waals surface area (Å²) in [4.78, 5) is 2.51. The third-order valence-corrected chi connectivity index (χ3v) is 6.32. The Morgan fingerprint density at radius 2 is 2.00 bits per heavy atom. The molecular formula is C20H24N2OS3. The molecule has 1 aliphatic rings. The summed E-state index contributed by atoms with van der Waals surface area (Å²) < 4.78 is 6.12. The Kier molecular flexibility index (Phi) is 9.86. The molecule has 0 aliphatic carbocycles. The number of allylic oxidation sites excluding steroid dienone is 3. The molecule has 2 rings (SSSR count). The standard InChI is InChI=1S/C20H24N2OS3/c1-17-13-25-15-19(16-26-14-17)23-11-10-22(9-5-8-20(24)12-21)18-6-3-2-4-7-18/h2-9,19,24H,1,10-11,13-16H2/b9-5+,20-8+. The van der Waals surface area contributed by atoms with Crippen LogP contribution >= 0.6 is 36.2 Å². The van der Waals surface area contributed by atoms with Crippen LogP contribution in [-0.4, -0.2) is 42.3 Å². The summed E-state index contributed by atoms with van der Waals surface area (Å²) in [6.07, 6.45) is 5.76. The molecule has 0 aromatic heterocycles. The SMILES string of the molecule is C=C1CSCC(OCCN(/C=C/C=C(/S)C#N)c2ccccc2)CSC1. The Balaban J connectivity index is 1.90. The topological polar surface area (TPSA) is 36.3 Å². The van der Waals surface area contributed by atoms with Crippen LogP contribution in [0.15, 0.2) is 65.7 Å². The fraction of sp³-hybridized carbons (Fsp3) is 0.350. The Hall–Kier alpha value is -1.26. The van der Waals surface area contributed by atoms with Crippen LogP contribution in [0, 0.1) is 11.3 Å². The van der Waals surface area contributed by atoms with Crippen molar-refractivity contribution in [2.24, 2.45) is 0 Å². The number of para-hydroxylation sites is 1. The van der Waals surface area contributed by atoms with Gasteiger partial charge in [-0.05, 0) is 24.3 Å². The molecule has 0 spiro atoms. The van der Waals surface area contributed by atoms with Crippen molar-refractivity contribution in [3.63, 3.8) is 0 Å². The average Bonchev–Trinajstić information content (AvgIpc) is 2.65. The van der Waals surface area contributed by atoms with Crippen LogP contribution in [0.25, 0.3) is 0 Å². The Morgan fingerprint density at radius 1 is 1.31 bits per heavy atom. The minimum atomic E-state index is 0.280. The quantitative estimate of drug-likeness (QED) is 0.307. The predicted molar refractivity (Wildman–Crippen MR) is 119 cm³/mol. The van der Waals surface area contributed by atoms with Crippen molar-refractivity contribution in [2.75, 3.05) is 41.1 Å². The van der Waals surface area contributed by atoms with Crippen LogP contribution < -0.4 is 4.90 Å². The number of thiol groups is 1. The lowest BCUT2D eigenvalue weighted by molar-refractivity contribution is 0.0913. The zero-order valence-electron chi connectivity index (χ0n) is 14.7. The van der Waals surface area contributed by atoms with E-state index in [4.69, 9.17) is 10.00 Å². The van der Waals surface area contributed by atoms with E-state index >= 15 is 0 Å². The molecule has 1 saturated heterocycles. The summed E-state index contributed by atoms with van der Waals surface area (Å²) in [7, 11) is 0. The van der Waals surface area contributed by atoms with Gasteiger partial charge in [0.1, 0.15) is 6.07 Å². The molecule has 1 aromatic rings. The highest BCUT2D eigenvalue weighted by Crippen LogP contribution is 2.21. The van der Waals surface area contributed by atoms with Gasteiger partial charge in [0.15, 0.2) is 0 Å². The number of benzene rings is 1. The average molecular weight is 405 g/mol. The molecular weight excluding hydrogens is 380 g/mol. The molecule has 138 valence electrons. The minimum absolute atomic E-state index is 0.280. The maximum atomic E-state index is 8.79. The Morgan fingerprint density at radius 3 is 2.65 bits per heavy atom. The smallest absolute Gasteiger partial charge is 0.106 e. The molecule has 0 bridgehead atoms. The molecule has 0 radical (unpaired) electrons. The van der Waals surface area contributed by atoms with Crippen molar-refractivity contribution in [3.8, 4) is 6.07 Å². The number of nitrogens with zero attached hydrogens (tertiary/aromatic N) is 2. The van der Waals surface area contributed by atoms with E-state index in [1.807, 2.05) is 60.1 Å². The highest BCUT2D eigenvalue weighted by atomic mass is 32.2. The van der Waals surface area contributed by atoms with Crippen LogP contribution in [0.5, 0.6) is 0 Å². The van der Waals surface area contributed by atoms with E-state index in [0.717, 1.165) is 35.2 Å². The van der Waals surface area contributed by atoms with Crippen LogP contribution in [0.2, 0.25) is 0 Å². The van der Waals surface area contributed by atoms with E-state index in [1.165, 1.54) is 5.57 Å². The third kappa shape index (κ3) is 7.96. The fourth-order valence-corrected chi connectivity index (χ4v) is 4.69. The summed E-state index contributed by atoms with van der Waals surface area (Å²) >= 11 is 7.90. The number of hydrogen-bond donors (Lipinski definition) is 1. The minimum Gasteiger partial charge on any atom is -0.375 e. The van der Waals surface area contributed by atoms with Gasteiger partial charge in [0.05, 0.1) is 17.6 Å². The van der Waals surface area contributed by atoms with Crippen LogP contribution in [0.4, 0.5) is 5.69 Å². The van der Waals surface area contributed by atoms with Crippen LogP contribution in [-0.2, 0) is 4.74 Å².